The number of nitrogens with one attached hydrogen (secondary N) is 1. The second-order valence-electron chi connectivity index (χ2n) is 5.54. The van der Waals surface area contributed by atoms with Crippen LogP contribution in [0.3, 0.4) is 0 Å². The Kier molecular flexibility index (Phi) is 2.97. The molecule has 2 aliphatic rings. The van der Waals surface area contributed by atoms with Gasteiger partial charge in [0.05, 0.1) is 11.6 Å². The smallest absolute Gasteiger partial charge is 0.255 e. The van der Waals surface area contributed by atoms with Gasteiger partial charge in [-0.25, -0.2) is 0 Å². The summed E-state index contributed by atoms with van der Waals surface area (Å²) in [5, 5.41) is 3.06. The van der Waals surface area contributed by atoms with Crippen molar-refractivity contribution in [1.29, 1.82) is 0 Å². The first-order valence-corrected chi connectivity index (χ1v) is 6.95. The SMILES string of the molecule is CC1NC(=O)c2ccccc2OC1(C)N1CCCC1. The van der Waals surface area contributed by atoms with Crippen LogP contribution in [0.25, 0.3) is 0 Å². The largest absolute Gasteiger partial charge is 0.470 e. The summed E-state index contributed by atoms with van der Waals surface area (Å²) in [6.07, 6.45) is 2.39. The highest BCUT2D eigenvalue weighted by molar-refractivity contribution is 5.97. The van der Waals surface area contributed by atoms with E-state index >= 15 is 0 Å². The molecule has 0 aromatic heterocycles. The van der Waals surface area contributed by atoms with E-state index in [-0.39, 0.29) is 11.9 Å². The lowest BCUT2D eigenvalue weighted by molar-refractivity contribution is -0.0768. The fourth-order valence-corrected chi connectivity index (χ4v) is 2.96. The summed E-state index contributed by atoms with van der Waals surface area (Å²) in [6.45, 7) is 6.14. The Morgan fingerprint density at radius 3 is 2.74 bits per heavy atom. The van der Waals surface area contributed by atoms with Crippen LogP contribution in [0.4, 0.5) is 0 Å². The highest BCUT2D eigenvalue weighted by atomic mass is 16.5. The molecule has 3 rings (SSSR count). The van der Waals surface area contributed by atoms with Crippen LogP contribution in [0.5, 0.6) is 5.75 Å². The van der Waals surface area contributed by atoms with Gasteiger partial charge in [-0.2, -0.15) is 0 Å². The molecule has 1 fully saturated rings. The fraction of sp³-hybridized carbons (Fsp3) is 0.533. The lowest BCUT2D eigenvalue weighted by Crippen LogP contribution is -2.60. The number of fused-ring (bicyclic) bond motifs is 1. The molecule has 0 spiro atoms. The number of carbonyl (C=O) groups is 1. The van der Waals surface area contributed by atoms with E-state index in [1.165, 1.54) is 12.8 Å². The molecule has 1 aromatic carbocycles. The Bertz CT molecular complexity index is 497. The van der Waals surface area contributed by atoms with E-state index in [0.717, 1.165) is 13.1 Å². The van der Waals surface area contributed by atoms with Gasteiger partial charge >= 0.3 is 0 Å². The molecule has 4 heteroatoms. The number of benzene rings is 1. The van der Waals surface area contributed by atoms with Crippen molar-refractivity contribution in [3.05, 3.63) is 29.8 Å². The first-order chi connectivity index (χ1) is 9.11. The number of amides is 1. The van der Waals surface area contributed by atoms with Gasteiger partial charge in [0.2, 0.25) is 0 Å². The molecule has 1 N–H and O–H groups in total. The lowest BCUT2D eigenvalue weighted by Gasteiger charge is -2.41. The van der Waals surface area contributed by atoms with Gasteiger partial charge in [0.1, 0.15) is 5.75 Å². The van der Waals surface area contributed by atoms with Crippen molar-refractivity contribution >= 4 is 5.91 Å². The molecule has 19 heavy (non-hydrogen) atoms. The van der Waals surface area contributed by atoms with Crippen molar-refractivity contribution < 1.29 is 9.53 Å². The minimum atomic E-state index is -0.473. The van der Waals surface area contributed by atoms with Gasteiger partial charge in [-0.1, -0.05) is 12.1 Å². The molecule has 1 amide bonds. The molecular formula is C15H20N2O2. The molecule has 1 saturated heterocycles. The average Bonchev–Trinajstić information content (AvgIpc) is 2.90. The Balaban J connectivity index is 2.01. The summed E-state index contributed by atoms with van der Waals surface area (Å²) in [6, 6.07) is 7.41. The minimum absolute atomic E-state index is 0.0500. The zero-order valence-electron chi connectivity index (χ0n) is 11.5. The third kappa shape index (κ3) is 2.00. The van der Waals surface area contributed by atoms with Gasteiger partial charge in [-0.3, -0.25) is 9.69 Å². The molecule has 0 radical (unpaired) electrons. The number of carbonyl (C=O) groups excluding carboxylic acids is 1. The van der Waals surface area contributed by atoms with Crippen LogP contribution in [-0.4, -0.2) is 35.7 Å². The van der Waals surface area contributed by atoms with Crippen molar-refractivity contribution in [2.45, 2.75) is 38.5 Å². The first kappa shape index (κ1) is 12.5. The summed E-state index contributed by atoms with van der Waals surface area (Å²) < 4.78 is 6.25. The van der Waals surface area contributed by atoms with Crippen LogP contribution in [-0.2, 0) is 0 Å². The van der Waals surface area contributed by atoms with Crippen LogP contribution >= 0.6 is 0 Å². The third-order valence-electron chi connectivity index (χ3n) is 4.33. The van der Waals surface area contributed by atoms with E-state index in [4.69, 9.17) is 4.74 Å². The van der Waals surface area contributed by atoms with Crippen LogP contribution in [0.2, 0.25) is 0 Å². The summed E-state index contributed by atoms with van der Waals surface area (Å²) in [4.78, 5) is 14.5. The molecule has 2 heterocycles. The Hall–Kier alpha value is -1.55. The summed E-state index contributed by atoms with van der Waals surface area (Å²) >= 11 is 0. The van der Waals surface area contributed by atoms with Gasteiger partial charge in [0.15, 0.2) is 5.72 Å². The summed E-state index contributed by atoms with van der Waals surface area (Å²) in [5.74, 6) is 0.629. The molecule has 102 valence electrons. The average molecular weight is 260 g/mol. The van der Waals surface area contributed by atoms with Crippen LogP contribution in [0, 0.1) is 0 Å². The standard InChI is InChI=1S/C15H20N2O2/c1-11-15(2,17-9-5-6-10-17)19-13-8-4-3-7-12(13)14(18)16-11/h3-4,7-8,11H,5-6,9-10H2,1-2H3,(H,16,18). The Labute approximate surface area is 113 Å². The number of hydrogen-bond acceptors (Lipinski definition) is 3. The molecular weight excluding hydrogens is 240 g/mol. The summed E-state index contributed by atoms with van der Waals surface area (Å²) in [7, 11) is 0. The van der Waals surface area contributed by atoms with Crippen molar-refractivity contribution in [1.82, 2.24) is 10.2 Å². The molecule has 2 atom stereocenters. The lowest BCUT2D eigenvalue weighted by atomic mass is 10.1. The van der Waals surface area contributed by atoms with Crippen molar-refractivity contribution in [3.8, 4) is 5.75 Å². The maximum absolute atomic E-state index is 12.2. The van der Waals surface area contributed by atoms with Gasteiger partial charge in [0.25, 0.3) is 5.91 Å². The summed E-state index contributed by atoms with van der Waals surface area (Å²) in [5.41, 5.74) is 0.149. The van der Waals surface area contributed by atoms with Gasteiger partial charge in [-0.15, -0.1) is 0 Å². The molecule has 0 bridgehead atoms. The number of likely N-dealkylation sites (tertiary alicyclic amines) is 1. The molecule has 0 saturated carbocycles. The first-order valence-electron chi connectivity index (χ1n) is 6.95. The van der Waals surface area contributed by atoms with Crippen LogP contribution < -0.4 is 10.1 Å². The van der Waals surface area contributed by atoms with Gasteiger partial charge in [-0.05, 0) is 38.8 Å². The molecule has 2 aliphatic heterocycles. The number of para-hydroxylation sites is 1. The molecule has 2 unspecified atom stereocenters. The van der Waals surface area contributed by atoms with Crippen molar-refractivity contribution in [3.63, 3.8) is 0 Å². The van der Waals surface area contributed by atoms with Crippen LogP contribution in [0.15, 0.2) is 24.3 Å². The number of nitrogens with zero attached hydrogens (tertiary/aromatic N) is 1. The van der Waals surface area contributed by atoms with E-state index in [9.17, 15) is 4.79 Å². The second-order valence-corrected chi connectivity index (χ2v) is 5.54. The van der Waals surface area contributed by atoms with E-state index in [2.05, 4.69) is 17.1 Å². The van der Waals surface area contributed by atoms with E-state index in [1.54, 1.807) is 0 Å². The van der Waals surface area contributed by atoms with Gasteiger partial charge < -0.3 is 10.1 Å². The predicted molar refractivity (Wildman–Crippen MR) is 73.2 cm³/mol. The second kappa shape index (κ2) is 4.53. The zero-order valence-corrected chi connectivity index (χ0v) is 11.5. The highest BCUT2D eigenvalue weighted by Gasteiger charge is 2.44. The van der Waals surface area contributed by atoms with Crippen LogP contribution in [0.1, 0.15) is 37.0 Å². The number of ether oxygens (including phenoxy) is 1. The monoisotopic (exact) mass is 260 g/mol. The number of hydrogen-bond donors (Lipinski definition) is 1. The van der Waals surface area contributed by atoms with Crippen molar-refractivity contribution in [2.75, 3.05) is 13.1 Å². The van der Waals surface area contributed by atoms with E-state index in [1.807, 2.05) is 31.2 Å². The fourth-order valence-electron chi connectivity index (χ4n) is 2.96. The third-order valence-corrected chi connectivity index (χ3v) is 4.33. The zero-order chi connectivity index (χ0) is 13.5. The van der Waals surface area contributed by atoms with E-state index in [0.29, 0.717) is 11.3 Å². The van der Waals surface area contributed by atoms with Gasteiger partial charge in [0, 0.05) is 13.1 Å². The minimum Gasteiger partial charge on any atom is -0.470 e. The highest BCUT2D eigenvalue weighted by Crippen LogP contribution is 2.33. The Morgan fingerprint density at radius 1 is 1.32 bits per heavy atom. The quantitative estimate of drug-likeness (QED) is 0.840. The number of rotatable bonds is 1. The molecule has 4 nitrogen and oxygen atoms in total. The maximum atomic E-state index is 12.2. The van der Waals surface area contributed by atoms with E-state index < -0.39 is 5.72 Å². The maximum Gasteiger partial charge on any atom is 0.255 e. The molecule has 1 aromatic rings. The molecule has 0 aliphatic carbocycles. The topological polar surface area (TPSA) is 41.6 Å². The Morgan fingerprint density at radius 2 is 2.00 bits per heavy atom. The van der Waals surface area contributed by atoms with Crippen molar-refractivity contribution in [2.24, 2.45) is 0 Å². The predicted octanol–water partition coefficient (Wildman–Crippen LogP) is 2.01. The normalized spacial score (nSPS) is 31.3.